The number of ether oxygens (including phenoxy) is 1. The van der Waals surface area contributed by atoms with E-state index in [1.807, 2.05) is 48.5 Å². The summed E-state index contributed by atoms with van der Waals surface area (Å²) in [5.41, 5.74) is 4.38. The van der Waals surface area contributed by atoms with Gasteiger partial charge in [-0.2, -0.15) is 5.26 Å². The Kier molecular flexibility index (Phi) is 8.85. The van der Waals surface area contributed by atoms with Crippen LogP contribution in [-0.4, -0.2) is 41.8 Å². The van der Waals surface area contributed by atoms with Crippen LogP contribution in [0.1, 0.15) is 56.6 Å². The van der Waals surface area contributed by atoms with Crippen molar-refractivity contribution in [3.63, 3.8) is 0 Å². The summed E-state index contributed by atoms with van der Waals surface area (Å²) in [4.78, 5) is 37.0. The maximum atomic E-state index is 12.8. The van der Waals surface area contributed by atoms with Crippen LogP contribution in [-0.2, 0) is 14.3 Å². The zero-order chi connectivity index (χ0) is 25.4. The number of carbonyl (C=O) groups excluding carboxylic acids is 2. The standard InChI is InChI=1S/C27H31N3O5/c1-17(2)24(26(32)33)30-25(31)23(14-4-3-9-15-28)29-27(34)35-16-22-20-12-7-5-10-18(20)19-11-6-8-13-21(19)22/h5-8,10-13,17,22-24H,3-4,9,14,16H2,1-2H3,(H,29,34)(H,30,31)(H,32,33)/t23?,24-/m1/s1. The van der Waals surface area contributed by atoms with Gasteiger partial charge in [0.2, 0.25) is 5.91 Å². The summed E-state index contributed by atoms with van der Waals surface area (Å²) in [7, 11) is 0. The van der Waals surface area contributed by atoms with E-state index in [1.165, 1.54) is 0 Å². The molecule has 8 heteroatoms. The first-order valence-electron chi connectivity index (χ1n) is 11.8. The fourth-order valence-corrected chi connectivity index (χ4v) is 4.37. The van der Waals surface area contributed by atoms with E-state index in [0.717, 1.165) is 22.3 Å². The van der Waals surface area contributed by atoms with Crippen molar-refractivity contribution in [2.45, 2.75) is 57.5 Å². The van der Waals surface area contributed by atoms with Crippen molar-refractivity contribution in [1.82, 2.24) is 10.6 Å². The molecule has 3 N–H and O–H groups in total. The van der Waals surface area contributed by atoms with Gasteiger partial charge in [-0.05, 0) is 47.4 Å². The number of rotatable bonds is 11. The van der Waals surface area contributed by atoms with Gasteiger partial charge in [0, 0.05) is 12.3 Å². The number of nitrogens with zero attached hydrogens (tertiary/aromatic N) is 1. The van der Waals surface area contributed by atoms with Crippen LogP contribution in [0.15, 0.2) is 48.5 Å². The molecule has 1 unspecified atom stereocenters. The molecule has 1 aliphatic rings. The molecule has 0 saturated carbocycles. The first-order chi connectivity index (χ1) is 16.8. The van der Waals surface area contributed by atoms with Gasteiger partial charge in [0.15, 0.2) is 0 Å². The van der Waals surface area contributed by atoms with Crippen LogP contribution in [0.25, 0.3) is 11.1 Å². The number of fused-ring (bicyclic) bond motifs is 3. The van der Waals surface area contributed by atoms with Gasteiger partial charge in [0.05, 0.1) is 6.07 Å². The minimum absolute atomic E-state index is 0.104. The van der Waals surface area contributed by atoms with Crippen molar-refractivity contribution in [2.24, 2.45) is 5.92 Å². The Morgan fingerprint density at radius 3 is 2.14 bits per heavy atom. The summed E-state index contributed by atoms with van der Waals surface area (Å²) >= 11 is 0. The van der Waals surface area contributed by atoms with Crippen LogP contribution >= 0.6 is 0 Å². The van der Waals surface area contributed by atoms with Crippen molar-refractivity contribution < 1.29 is 24.2 Å². The number of carboxylic acids is 1. The number of nitriles is 1. The molecular weight excluding hydrogens is 446 g/mol. The number of unbranched alkanes of at least 4 members (excludes halogenated alkanes) is 2. The van der Waals surface area contributed by atoms with Gasteiger partial charge in [-0.3, -0.25) is 4.79 Å². The van der Waals surface area contributed by atoms with Crippen LogP contribution in [0.4, 0.5) is 4.79 Å². The lowest BCUT2D eigenvalue weighted by Gasteiger charge is -2.23. The number of benzene rings is 2. The number of nitrogens with one attached hydrogen (secondary N) is 2. The largest absolute Gasteiger partial charge is 0.480 e. The van der Waals surface area contributed by atoms with Crippen molar-refractivity contribution in [3.8, 4) is 17.2 Å². The van der Waals surface area contributed by atoms with E-state index in [2.05, 4.69) is 16.7 Å². The van der Waals surface area contributed by atoms with E-state index < -0.39 is 30.1 Å². The zero-order valence-electron chi connectivity index (χ0n) is 20.0. The van der Waals surface area contributed by atoms with Crippen molar-refractivity contribution in [2.75, 3.05) is 6.61 Å². The quantitative estimate of drug-likeness (QED) is 0.416. The third kappa shape index (κ3) is 6.38. The SMILES string of the molecule is CC(C)[C@@H](NC(=O)C(CCCCC#N)NC(=O)OCC1c2ccccc2-c2ccccc21)C(=O)O. The lowest BCUT2D eigenvalue weighted by molar-refractivity contribution is -0.143. The average molecular weight is 478 g/mol. The highest BCUT2D eigenvalue weighted by Crippen LogP contribution is 2.44. The van der Waals surface area contributed by atoms with E-state index in [1.54, 1.807) is 13.8 Å². The van der Waals surface area contributed by atoms with E-state index >= 15 is 0 Å². The summed E-state index contributed by atoms with van der Waals surface area (Å²) < 4.78 is 5.55. The fourth-order valence-electron chi connectivity index (χ4n) is 4.37. The monoisotopic (exact) mass is 477 g/mol. The van der Waals surface area contributed by atoms with Gasteiger partial charge >= 0.3 is 12.1 Å². The highest BCUT2D eigenvalue weighted by molar-refractivity contribution is 5.89. The van der Waals surface area contributed by atoms with Gasteiger partial charge in [0.1, 0.15) is 18.7 Å². The number of carbonyl (C=O) groups is 3. The van der Waals surface area contributed by atoms with E-state index in [-0.39, 0.29) is 24.9 Å². The van der Waals surface area contributed by atoms with Crippen molar-refractivity contribution in [1.29, 1.82) is 5.26 Å². The number of aliphatic carboxylic acids is 1. The molecule has 0 saturated heterocycles. The molecule has 0 aromatic heterocycles. The Hall–Kier alpha value is -3.86. The second-order valence-corrected chi connectivity index (χ2v) is 8.99. The number of hydrogen-bond donors (Lipinski definition) is 3. The molecule has 2 atom stereocenters. The molecule has 2 aromatic carbocycles. The summed E-state index contributed by atoms with van der Waals surface area (Å²) in [5, 5.41) is 23.3. The molecule has 0 radical (unpaired) electrons. The Balaban J connectivity index is 1.66. The smallest absolute Gasteiger partial charge is 0.407 e. The predicted octanol–water partition coefficient (Wildman–Crippen LogP) is 4.20. The molecule has 0 aliphatic heterocycles. The molecule has 3 rings (SSSR count). The van der Waals surface area contributed by atoms with Gasteiger partial charge in [0.25, 0.3) is 0 Å². The Morgan fingerprint density at radius 2 is 1.60 bits per heavy atom. The summed E-state index contributed by atoms with van der Waals surface area (Å²) in [6, 6.07) is 16.0. The lowest BCUT2D eigenvalue weighted by Crippen LogP contribution is -2.53. The molecule has 1 aliphatic carbocycles. The summed E-state index contributed by atoms with van der Waals surface area (Å²) in [6.45, 7) is 3.49. The Bertz CT molecular complexity index is 1060. The molecule has 0 spiro atoms. The Labute approximate surface area is 205 Å². The van der Waals surface area contributed by atoms with Gasteiger partial charge < -0.3 is 20.5 Å². The van der Waals surface area contributed by atoms with Gasteiger partial charge in [-0.1, -0.05) is 62.4 Å². The van der Waals surface area contributed by atoms with Crippen molar-refractivity contribution in [3.05, 3.63) is 59.7 Å². The Morgan fingerprint density at radius 1 is 1.00 bits per heavy atom. The normalized spacial score (nSPS) is 13.8. The third-order valence-electron chi connectivity index (χ3n) is 6.21. The molecule has 2 amide bonds. The number of amides is 2. The highest BCUT2D eigenvalue weighted by Gasteiger charge is 2.31. The number of carboxylic acid groups (broad SMARTS) is 1. The molecule has 184 valence electrons. The summed E-state index contributed by atoms with van der Waals surface area (Å²) in [5.74, 6) is -2.17. The first kappa shape index (κ1) is 25.8. The summed E-state index contributed by atoms with van der Waals surface area (Å²) in [6.07, 6.45) is 0.947. The second kappa shape index (κ2) is 12.0. The first-order valence-corrected chi connectivity index (χ1v) is 11.8. The molecule has 0 bridgehead atoms. The third-order valence-corrected chi connectivity index (χ3v) is 6.21. The second-order valence-electron chi connectivity index (χ2n) is 8.99. The minimum atomic E-state index is -1.14. The molecule has 2 aromatic rings. The van der Waals surface area contributed by atoms with Crippen LogP contribution in [0, 0.1) is 17.2 Å². The molecule has 8 nitrogen and oxygen atoms in total. The maximum absolute atomic E-state index is 12.8. The minimum Gasteiger partial charge on any atom is -0.480 e. The molecular formula is C27H31N3O5. The molecule has 0 heterocycles. The molecule has 0 fully saturated rings. The highest BCUT2D eigenvalue weighted by atomic mass is 16.5. The zero-order valence-corrected chi connectivity index (χ0v) is 20.0. The van der Waals surface area contributed by atoms with E-state index in [4.69, 9.17) is 10.00 Å². The fraction of sp³-hybridized carbons (Fsp3) is 0.407. The number of alkyl carbamates (subject to hydrolysis) is 1. The van der Waals surface area contributed by atoms with E-state index in [0.29, 0.717) is 19.3 Å². The van der Waals surface area contributed by atoms with Gasteiger partial charge in [-0.15, -0.1) is 0 Å². The maximum Gasteiger partial charge on any atom is 0.407 e. The lowest BCUT2D eigenvalue weighted by atomic mass is 9.98. The van der Waals surface area contributed by atoms with Crippen LogP contribution in [0.2, 0.25) is 0 Å². The van der Waals surface area contributed by atoms with Crippen LogP contribution in [0.5, 0.6) is 0 Å². The average Bonchev–Trinajstić information content (AvgIpc) is 3.16. The number of hydrogen-bond acceptors (Lipinski definition) is 5. The van der Waals surface area contributed by atoms with Crippen LogP contribution in [0.3, 0.4) is 0 Å². The predicted molar refractivity (Wildman–Crippen MR) is 130 cm³/mol. The van der Waals surface area contributed by atoms with Gasteiger partial charge in [-0.25, -0.2) is 9.59 Å². The topological polar surface area (TPSA) is 129 Å². The van der Waals surface area contributed by atoms with Crippen LogP contribution < -0.4 is 10.6 Å². The van der Waals surface area contributed by atoms with Crippen molar-refractivity contribution >= 4 is 18.0 Å². The molecule has 35 heavy (non-hydrogen) atoms. The van der Waals surface area contributed by atoms with E-state index in [9.17, 15) is 19.5 Å².